The fraction of sp³-hybridized carbons (Fsp3) is 0.615. The van der Waals surface area contributed by atoms with Gasteiger partial charge < -0.3 is 10.4 Å². The number of carboxylic acids is 1. The minimum atomic E-state index is -0.863. The zero-order chi connectivity index (χ0) is 14.0. The third kappa shape index (κ3) is 3.32. The van der Waals surface area contributed by atoms with Gasteiger partial charge in [0.05, 0.1) is 23.4 Å². The Morgan fingerprint density at radius 2 is 2.16 bits per heavy atom. The molecule has 0 aromatic carbocycles. The summed E-state index contributed by atoms with van der Waals surface area (Å²) in [7, 11) is 0. The molecule has 2 N–H and O–H groups in total. The van der Waals surface area contributed by atoms with Gasteiger partial charge in [-0.25, -0.2) is 4.98 Å². The maximum absolute atomic E-state index is 12.1. The molecular weight excluding hydrogens is 264 g/mol. The van der Waals surface area contributed by atoms with E-state index < -0.39 is 17.8 Å². The van der Waals surface area contributed by atoms with Crippen LogP contribution in [0.4, 0.5) is 0 Å². The number of aliphatic carboxylic acids is 1. The van der Waals surface area contributed by atoms with Gasteiger partial charge in [-0.2, -0.15) is 0 Å². The molecule has 1 aromatic rings. The summed E-state index contributed by atoms with van der Waals surface area (Å²) >= 11 is 1.54. The maximum atomic E-state index is 12.1. The van der Waals surface area contributed by atoms with Crippen molar-refractivity contribution in [3.63, 3.8) is 0 Å². The second-order valence-electron chi connectivity index (χ2n) is 5.19. The summed E-state index contributed by atoms with van der Waals surface area (Å²) in [6.45, 7) is 4.34. The van der Waals surface area contributed by atoms with Gasteiger partial charge in [0, 0.05) is 11.1 Å². The molecule has 104 valence electrons. The van der Waals surface area contributed by atoms with Gasteiger partial charge in [0.25, 0.3) is 0 Å². The van der Waals surface area contributed by atoms with Crippen LogP contribution in [0.1, 0.15) is 29.7 Å². The van der Waals surface area contributed by atoms with E-state index in [-0.39, 0.29) is 5.91 Å². The van der Waals surface area contributed by atoms with Crippen molar-refractivity contribution in [2.75, 3.05) is 0 Å². The van der Waals surface area contributed by atoms with Crippen LogP contribution in [0, 0.1) is 24.7 Å². The second-order valence-corrected chi connectivity index (χ2v) is 6.51. The quantitative estimate of drug-likeness (QED) is 0.882. The molecule has 6 heteroatoms. The monoisotopic (exact) mass is 282 g/mol. The van der Waals surface area contributed by atoms with Gasteiger partial charge >= 0.3 is 5.97 Å². The number of thiazole rings is 1. The SMILES string of the molecule is Cc1ncc(CNC(=O)[C@H]2CC(C)C[C@H]2C(=O)O)s1. The normalized spacial score (nSPS) is 26.3. The molecule has 0 radical (unpaired) electrons. The first kappa shape index (κ1) is 14.0. The highest BCUT2D eigenvalue weighted by molar-refractivity contribution is 7.11. The molecule has 1 saturated carbocycles. The first-order chi connectivity index (χ1) is 8.97. The van der Waals surface area contributed by atoms with E-state index in [4.69, 9.17) is 5.11 Å². The summed E-state index contributed by atoms with van der Waals surface area (Å²) in [6.07, 6.45) is 2.99. The third-order valence-corrected chi connectivity index (χ3v) is 4.47. The fourth-order valence-corrected chi connectivity index (χ4v) is 3.38. The summed E-state index contributed by atoms with van der Waals surface area (Å²) < 4.78 is 0. The van der Waals surface area contributed by atoms with Crippen LogP contribution in [0.2, 0.25) is 0 Å². The van der Waals surface area contributed by atoms with Gasteiger partial charge in [-0.1, -0.05) is 6.92 Å². The van der Waals surface area contributed by atoms with Crippen molar-refractivity contribution in [3.05, 3.63) is 16.1 Å². The van der Waals surface area contributed by atoms with Crippen LogP contribution in [0.25, 0.3) is 0 Å². The molecule has 5 nitrogen and oxygen atoms in total. The molecule has 0 bridgehead atoms. The number of aromatic nitrogens is 1. The summed E-state index contributed by atoms with van der Waals surface area (Å²) in [5.74, 6) is -1.66. The van der Waals surface area contributed by atoms with E-state index in [9.17, 15) is 9.59 Å². The first-order valence-electron chi connectivity index (χ1n) is 6.39. The van der Waals surface area contributed by atoms with E-state index in [2.05, 4.69) is 10.3 Å². The number of rotatable bonds is 4. The lowest BCUT2D eigenvalue weighted by Gasteiger charge is -2.14. The van der Waals surface area contributed by atoms with E-state index in [0.29, 0.717) is 25.3 Å². The zero-order valence-corrected chi connectivity index (χ0v) is 11.9. The van der Waals surface area contributed by atoms with Crippen molar-refractivity contribution in [2.45, 2.75) is 33.2 Å². The van der Waals surface area contributed by atoms with Crippen LogP contribution >= 0.6 is 11.3 Å². The lowest BCUT2D eigenvalue weighted by atomic mass is 9.95. The summed E-state index contributed by atoms with van der Waals surface area (Å²) in [4.78, 5) is 28.4. The van der Waals surface area contributed by atoms with Gasteiger partial charge in [-0.3, -0.25) is 9.59 Å². The van der Waals surface area contributed by atoms with Gasteiger partial charge in [0.2, 0.25) is 5.91 Å². The van der Waals surface area contributed by atoms with Crippen LogP contribution in [0.5, 0.6) is 0 Å². The van der Waals surface area contributed by atoms with Crippen molar-refractivity contribution in [3.8, 4) is 0 Å². The zero-order valence-electron chi connectivity index (χ0n) is 11.0. The Balaban J connectivity index is 1.93. The Hall–Kier alpha value is -1.43. The minimum Gasteiger partial charge on any atom is -0.481 e. The maximum Gasteiger partial charge on any atom is 0.307 e. The molecular formula is C13H18N2O3S. The minimum absolute atomic E-state index is 0.150. The van der Waals surface area contributed by atoms with E-state index in [0.717, 1.165) is 9.88 Å². The molecule has 1 aliphatic rings. The van der Waals surface area contributed by atoms with Gasteiger partial charge in [0.1, 0.15) is 0 Å². The van der Waals surface area contributed by atoms with E-state index in [1.165, 1.54) is 11.3 Å². The molecule has 0 aliphatic heterocycles. The lowest BCUT2D eigenvalue weighted by Crippen LogP contribution is -2.34. The van der Waals surface area contributed by atoms with Crippen LogP contribution < -0.4 is 5.32 Å². The van der Waals surface area contributed by atoms with Crippen molar-refractivity contribution in [1.29, 1.82) is 0 Å². The summed E-state index contributed by atoms with van der Waals surface area (Å²) in [5, 5.41) is 12.9. The molecule has 1 amide bonds. The predicted octanol–water partition coefficient (Wildman–Crippen LogP) is 1.81. The van der Waals surface area contributed by atoms with Crippen molar-refractivity contribution >= 4 is 23.2 Å². The Labute approximate surface area is 116 Å². The molecule has 2 rings (SSSR count). The molecule has 3 atom stereocenters. The number of hydrogen-bond donors (Lipinski definition) is 2. The molecule has 19 heavy (non-hydrogen) atoms. The molecule has 1 aromatic heterocycles. The van der Waals surface area contributed by atoms with Gasteiger partial charge in [-0.05, 0) is 25.7 Å². The highest BCUT2D eigenvalue weighted by Crippen LogP contribution is 2.36. The first-order valence-corrected chi connectivity index (χ1v) is 7.21. The highest BCUT2D eigenvalue weighted by Gasteiger charge is 2.40. The largest absolute Gasteiger partial charge is 0.481 e. The number of nitrogens with one attached hydrogen (secondary N) is 1. The van der Waals surface area contributed by atoms with Crippen molar-refractivity contribution in [1.82, 2.24) is 10.3 Å². The van der Waals surface area contributed by atoms with E-state index in [1.54, 1.807) is 6.20 Å². The Morgan fingerprint density at radius 1 is 1.47 bits per heavy atom. The number of carbonyl (C=O) groups is 2. The summed E-state index contributed by atoms with van der Waals surface area (Å²) in [5.41, 5.74) is 0. The smallest absolute Gasteiger partial charge is 0.307 e. The number of amides is 1. The van der Waals surface area contributed by atoms with Gasteiger partial charge in [-0.15, -0.1) is 11.3 Å². The highest BCUT2D eigenvalue weighted by atomic mass is 32.1. The van der Waals surface area contributed by atoms with Gasteiger partial charge in [0.15, 0.2) is 0 Å². The van der Waals surface area contributed by atoms with Crippen LogP contribution in [-0.4, -0.2) is 22.0 Å². The standard InChI is InChI=1S/C13H18N2O3S/c1-7-3-10(11(4-7)13(17)18)12(16)15-6-9-5-14-8(2)19-9/h5,7,10-11H,3-4,6H2,1-2H3,(H,15,16)(H,17,18)/t7?,10-,11+/m0/s1. The van der Waals surface area contributed by atoms with Crippen molar-refractivity contribution < 1.29 is 14.7 Å². The number of carbonyl (C=O) groups excluding carboxylic acids is 1. The molecule has 1 fully saturated rings. The Bertz CT molecular complexity index is 486. The average Bonchev–Trinajstić information content (AvgIpc) is 2.92. The molecule has 1 heterocycles. The van der Waals surface area contributed by atoms with Crippen LogP contribution in [0.15, 0.2) is 6.20 Å². The topological polar surface area (TPSA) is 79.3 Å². The number of hydrogen-bond acceptors (Lipinski definition) is 4. The number of nitrogens with zero attached hydrogens (tertiary/aromatic N) is 1. The summed E-state index contributed by atoms with van der Waals surface area (Å²) in [6, 6.07) is 0. The number of aryl methyl sites for hydroxylation is 1. The van der Waals surface area contributed by atoms with Crippen LogP contribution in [-0.2, 0) is 16.1 Å². The van der Waals surface area contributed by atoms with Crippen molar-refractivity contribution in [2.24, 2.45) is 17.8 Å². The molecule has 1 unspecified atom stereocenters. The fourth-order valence-electron chi connectivity index (χ4n) is 2.65. The second kappa shape index (κ2) is 5.69. The predicted molar refractivity (Wildman–Crippen MR) is 71.7 cm³/mol. The Morgan fingerprint density at radius 3 is 2.74 bits per heavy atom. The van der Waals surface area contributed by atoms with E-state index >= 15 is 0 Å². The average molecular weight is 282 g/mol. The third-order valence-electron chi connectivity index (χ3n) is 3.56. The van der Waals surface area contributed by atoms with E-state index in [1.807, 2.05) is 13.8 Å². The lowest BCUT2D eigenvalue weighted by molar-refractivity contribution is -0.146. The molecule has 0 spiro atoms. The Kier molecular flexibility index (Phi) is 4.19. The molecule has 0 saturated heterocycles. The molecule has 1 aliphatic carbocycles. The van der Waals surface area contributed by atoms with Crippen LogP contribution in [0.3, 0.4) is 0 Å². The number of carboxylic acid groups (broad SMARTS) is 1.